The summed E-state index contributed by atoms with van der Waals surface area (Å²) in [6.45, 7) is 2.08. The first-order valence-corrected chi connectivity index (χ1v) is 8.29. The molecule has 0 atom stereocenters. The van der Waals surface area contributed by atoms with Gasteiger partial charge in [-0.05, 0) is 6.92 Å². The third kappa shape index (κ3) is 3.40. The number of thiazole rings is 1. The normalized spacial score (nSPS) is 10.7. The van der Waals surface area contributed by atoms with Gasteiger partial charge in [0.1, 0.15) is 10.0 Å². The molecule has 2 N–H and O–H groups in total. The minimum Gasteiger partial charge on any atom is -0.381 e. The SMILES string of the molecule is Cc1ccc(-c2nc(CSc3nccnc3N)cs2)cc1. The van der Waals surface area contributed by atoms with Gasteiger partial charge in [0.25, 0.3) is 0 Å². The van der Waals surface area contributed by atoms with Crippen LogP contribution in [0, 0.1) is 6.92 Å². The molecule has 6 heteroatoms. The van der Waals surface area contributed by atoms with Crippen molar-refractivity contribution in [3.05, 3.63) is 53.3 Å². The molecule has 3 aromatic rings. The topological polar surface area (TPSA) is 64.7 Å². The number of benzene rings is 1. The molecule has 0 aliphatic rings. The summed E-state index contributed by atoms with van der Waals surface area (Å²) in [4.78, 5) is 12.9. The predicted octanol–water partition coefficient (Wildman–Crippen LogP) is 3.78. The molecule has 1 aromatic carbocycles. The molecule has 4 nitrogen and oxygen atoms in total. The standard InChI is InChI=1S/C15H14N4S2/c1-10-2-4-11(5-3-10)14-19-12(8-20-14)9-21-15-13(16)17-6-7-18-15/h2-8H,9H2,1H3,(H2,16,17). The highest BCUT2D eigenvalue weighted by Gasteiger charge is 2.07. The van der Waals surface area contributed by atoms with Crippen LogP contribution in [0.25, 0.3) is 10.6 Å². The average molecular weight is 314 g/mol. The Labute approximate surface area is 131 Å². The number of thioether (sulfide) groups is 1. The lowest BCUT2D eigenvalue weighted by molar-refractivity contribution is 1.07. The van der Waals surface area contributed by atoms with E-state index in [1.807, 2.05) is 0 Å². The number of nitrogen functional groups attached to an aromatic ring is 1. The monoisotopic (exact) mass is 314 g/mol. The van der Waals surface area contributed by atoms with Crippen molar-refractivity contribution in [2.45, 2.75) is 17.7 Å². The molecule has 0 amide bonds. The van der Waals surface area contributed by atoms with Crippen LogP contribution < -0.4 is 5.73 Å². The molecular weight excluding hydrogens is 300 g/mol. The summed E-state index contributed by atoms with van der Waals surface area (Å²) in [6.07, 6.45) is 3.25. The van der Waals surface area contributed by atoms with E-state index in [2.05, 4.69) is 51.5 Å². The third-order valence-electron chi connectivity index (χ3n) is 2.90. The largest absolute Gasteiger partial charge is 0.381 e. The molecule has 0 saturated heterocycles. The van der Waals surface area contributed by atoms with E-state index in [0.29, 0.717) is 5.82 Å². The second-order valence-corrected chi connectivity index (χ2v) is 6.37. The molecule has 2 heterocycles. The maximum Gasteiger partial charge on any atom is 0.156 e. The number of hydrogen-bond acceptors (Lipinski definition) is 6. The fourth-order valence-electron chi connectivity index (χ4n) is 1.79. The van der Waals surface area contributed by atoms with Crippen LogP contribution in [0.2, 0.25) is 0 Å². The lowest BCUT2D eigenvalue weighted by Gasteiger charge is -2.00. The molecule has 0 unspecified atom stereocenters. The van der Waals surface area contributed by atoms with Crippen molar-refractivity contribution in [3.63, 3.8) is 0 Å². The summed E-state index contributed by atoms with van der Waals surface area (Å²) in [6, 6.07) is 8.41. The lowest BCUT2D eigenvalue weighted by atomic mass is 10.2. The fourth-order valence-corrected chi connectivity index (χ4v) is 3.49. The van der Waals surface area contributed by atoms with Gasteiger partial charge in [0.15, 0.2) is 5.82 Å². The smallest absolute Gasteiger partial charge is 0.156 e. The van der Waals surface area contributed by atoms with Crippen molar-refractivity contribution >= 4 is 28.9 Å². The summed E-state index contributed by atoms with van der Waals surface area (Å²) in [7, 11) is 0. The maximum absolute atomic E-state index is 5.78. The molecular formula is C15H14N4S2. The van der Waals surface area contributed by atoms with Gasteiger partial charge in [-0.1, -0.05) is 41.6 Å². The van der Waals surface area contributed by atoms with E-state index in [1.54, 1.807) is 35.5 Å². The van der Waals surface area contributed by atoms with Gasteiger partial charge in [-0.15, -0.1) is 11.3 Å². The molecule has 0 bridgehead atoms. The van der Waals surface area contributed by atoms with Crippen LogP contribution in [0.15, 0.2) is 47.1 Å². The average Bonchev–Trinajstić information content (AvgIpc) is 2.96. The van der Waals surface area contributed by atoms with Crippen molar-refractivity contribution in [3.8, 4) is 10.6 Å². The minimum atomic E-state index is 0.469. The lowest BCUT2D eigenvalue weighted by Crippen LogP contribution is -1.95. The quantitative estimate of drug-likeness (QED) is 0.742. The van der Waals surface area contributed by atoms with Gasteiger partial charge in [0.05, 0.1) is 5.69 Å². The number of nitrogens with two attached hydrogens (primary N) is 1. The Morgan fingerprint density at radius 2 is 1.90 bits per heavy atom. The number of aromatic nitrogens is 3. The van der Waals surface area contributed by atoms with E-state index >= 15 is 0 Å². The molecule has 21 heavy (non-hydrogen) atoms. The molecule has 0 aliphatic carbocycles. The summed E-state index contributed by atoms with van der Waals surface area (Å²) in [5.41, 5.74) is 9.22. The van der Waals surface area contributed by atoms with Crippen LogP contribution in [-0.2, 0) is 5.75 Å². The highest BCUT2D eigenvalue weighted by molar-refractivity contribution is 7.98. The van der Waals surface area contributed by atoms with Gasteiger partial charge in [0.2, 0.25) is 0 Å². The Hall–Kier alpha value is -1.92. The van der Waals surface area contributed by atoms with Crippen LogP contribution in [0.4, 0.5) is 5.82 Å². The first kappa shape index (κ1) is 14.0. The van der Waals surface area contributed by atoms with Crippen molar-refractivity contribution in [2.75, 3.05) is 5.73 Å². The zero-order valence-corrected chi connectivity index (χ0v) is 13.1. The molecule has 0 fully saturated rings. The van der Waals surface area contributed by atoms with E-state index in [9.17, 15) is 0 Å². The highest BCUT2D eigenvalue weighted by Crippen LogP contribution is 2.28. The second-order valence-electron chi connectivity index (χ2n) is 4.55. The molecule has 106 valence electrons. The third-order valence-corrected chi connectivity index (χ3v) is 4.87. The Kier molecular flexibility index (Phi) is 4.17. The summed E-state index contributed by atoms with van der Waals surface area (Å²) >= 11 is 3.21. The Morgan fingerprint density at radius 3 is 2.67 bits per heavy atom. The Morgan fingerprint density at radius 1 is 1.14 bits per heavy atom. The summed E-state index contributed by atoms with van der Waals surface area (Å²) < 4.78 is 0. The molecule has 0 saturated carbocycles. The number of anilines is 1. The molecule has 2 aromatic heterocycles. The summed E-state index contributed by atoms with van der Waals surface area (Å²) in [5.74, 6) is 1.21. The van der Waals surface area contributed by atoms with Crippen LogP contribution in [0.5, 0.6) is 0 Å². The molecule has 0 aliphatic heterocycles. The van der Waals surface area contributed by atoms with Gasteiger partial charge < -0.3 is 5.73 Å². The number of hydrogen-bond donors (Lipinski definition) is 1. The maximum atomic E-state index is 5.78. The summed E-state index contributed by atoms with van der Waals surface area (Å²) in [5, 5.41) is 3.87. The van der Waals surface area contributed by atoms with Gasteiger partial charge >= 0.3 is 0 Å². The van der Waals surface area contributed by atoms with Crippen LogP contribution in [0.3, 0.4) is 0 Å². The van der Waals surface area contributed by atoms with Gasteiger partial charge in [-0.25, -0.2) is 15.0 Å². The zero-order valence-electron chi connectivity index (χ0n) is 11.5. The van der Waals surface area contributed by atoms with E-state index in [-0.39, 0.29) is 0 Å². The van der Waals surface area contributed by atoms with E-state index in [1.165, 1.54) is 5.56 Å². The van der Waals surface area contributed by atoms with Crippen molar-refractivity contribution in [1.82, 2.24) is 15.0 Å². The van der Waals surface area contributed by atoms with Crippen LogP contribution in [-0.4, -0.2) is 15.0 Å². The predicted molar refractivity (Wildman–Crippen MR) is 88.3 cm³/mol. The Bertz CT molecular complexity index is 737. The first-order chi connectivity index (χ1) is 10.2. The fraction of sp³-hybridized carbons (Fsp3) is 0.133. The minimum absolute atomic E-state index is 0.469. The number of rotatable bonds is 4. The van der Waals surface area contributed by atoms with Crippen molar-refractivity contribution in [1.29, 1.82) is 0 Å². The number of aryl methyl sites for hydroxylation is 1. The van der Waals surface area contributed by atoms with Crippen molar-refractivity contribution < 1.29 is 0 Å². The van der Waals surface area contributed by atoms with Gasteiger partial charge in [-0.3, -0.25) is 0 Å². The van der Waals surface area contributed by atoms with Crippen LogP contribution in [0.1, 0.15) is 11.3 Å². The second kappa shape index (κ2) is 6.24. The van der Waals surface area contributed by atoms with Gasteiger partial charge in [-0.2, -0.15) is 0 Å². The van der Waals surface area contributed by atoms with E-state index in [4.69, 9.17) is 5.73 Å². The molecule has 3 rings (SSSR count). The van der Waals surface area contributed by atoms with Crippen molar-refractivity contribution in [2.24, 2.45) is 0 Å². The van der Waals surface area contributed by atoms with E-state index in [0.717, 1.165) is 27.0 Å². The van der Waals surface area contributed by atoms with E-state index < -0.39 is 0 Å². The molecule has 0 spiro atoms. The number of nitrogens with zero attached hydrogens (tertiary/aromatic N) is 3. The first-order valence-electron chi connectivity index (χ1n) is 6.43. The Balaban J connectivity index is 1.71. The van der Waals surface area contributed by atoms with Crippen LogP contribution >= 0.6 is 23.1 Å². The molecule has 0 radical (unpaired) electrons. The van der Waals surface area contributed by atoms with Gasteiger partial charge in [0, 0.05) is 29.1 Å². The zero-order chi connectivity index (χ0) is 14.7. The highest BCUT2D eigenvalue weighted by atomic mass is 32.2.